The number of carbonyl (C=O) groups is 1. The number of aromatic carboxylic acids is 1. The van der Waals surface area contributed by atoms with Gasteiger partial charge >= 0.3 is 5.97 Å². The van der Waals surface area contributed by atoms with Crippen molar-refractivity contribution in [1.29, 1.82) is 0 Å². The van der Waals surface area contributed by atoms with E-state index in [-0.39, 0.29) is 16.5 Å². The van der Waals surface area contributed by atoms with E-state index in [1.807, 2.05) is 6.08 Å². The third-order valence-corrected chi connectivity index (χ3v) is 5.70. The number of hydrogen-bond acceptors (Lipinski definition) is 2. The van der Waals surface area contributed by atoms with Gasteiger partial charge in [-0.05, 0) is 64.5 Å². The lowest BCUT2D eigenvalue weighted by Crippen LogP contribution is -2.34. The third kappa shape index (κ3) is 3.44. The zero-order valence-corrected chi connectivity index (χ0v) is 16.3. The Hall–Kier alpha value is -2.42. The molecule has 0 saturated heterocycles. The molecule has 0 unspecified atom stereocenters. The molecule has 3 heteroatoms. The molecule has 1 heterocycles. The van der Waals surface area contributed by atoms with E-state index in [4.69, 9.17) is 5.11 Å². The van der Waals surface area contributed by atoms with Crippen molar-refractivity contribution in [3.63, 3.8) is 0 Å². The number of pyridine rings is 1. The highest BCUT2D eigenvalue weighted by atomic mass is 16.4. The van der Waals surface area contributed by atoms with Gasteiger partial charge in [-0.2, -0.15) is 0 Å². The predicted octanol–water partition coefficient (Wildman–Crippen LogP) is 5.61. The van der Waals surface area contributed by atoms with Gasteiger partial charge < -0.3 is 5.11 Å². The van der Waals surface area contributed by atoms with Gasteiger partial charge in [0.25, 0.3) is 0 Å². The molecule has 0 amide bonds. The van der Waals surface area contributed by atoms with Crippen LogP contribution in [0.2, 0.25) is 0 Å². The highest BCUT2D eigenvalue weighted by Crippen LogP contribution is 2.46. The number of carboxylic acid groups (broad SMARTS) is 1. The maximum absolute atomic E-state index is 10.9. The molecular formula is C23H27NO2. The molecule has 1 aliphatic rings. The van der Waals surface area contributed by atoms with Crippen molar-refractivity contribution in [2.75, 3.05) is 0 Å². The van der Waals surface area contributed by atoms with Crippen LogP contribution in [0.15, 0.2) is 30.5 Å². The number of nitrogens with zero attached hydrogens (tertiary/aromatic N) is 1. The lowest BCUT2D eigenvalue weighted by atomic mass is 9.62. The molecule has 0 fully saturated rings. The molecule has 3 rings (SSSR count). The molecule has 1 aliphatic carbocycles. The summed E-state index contributed by atoms with van der Waals surface area (Å²) in [6, 6.07) is 8.00. The Labute approximate surface area is 155 Å². The minimum atomic E-state index is -1.00. The summed E-state index contributed by atoms with van der Waals surface area (Å²) in [6.45, 7) is 11.5. The Kier molecular flexibility index (Phi) is 4.51. The normalized spacial score (nSPS) is 17.9. The summed E-state index contributed by atoms with van der Waals surface area (Å²) in [5.41, 5.74) is 6.75. The van der Waals surface area contributed by atoms with Gasteiger partial charge in [0.1, 0.15) is 5.69 Å². The maximum atomic E-state index is 10.9. The molecule has 0 aliphatic heterocycles. The molecule has 0 bridgehead atoms. The van der Waals surface area contributed by atoms with Gasteiger partial charge in [0, 0.05) is 6.20 Å². The highest BCUT2D eigenvalue weighted by Gasteiger charge is 2.37. The minimum absolute atomic E-state index is 0.0658. The van der Waals surface area contributed by atoms with E-state index in [9.17, 15) is 4.79 Å². The van der Waals surface area contributed by atoms with Crippen LogP contribution in [0.25, 0.3) is 12.2 Å². The van der Waals surface area contributed by atoms with E-state index in [2.05, 4.69) is 57.8 Å². The molecule has 2 aromatic rings. The predicted molar refractivity (Wildman–Crippen MR) is 107 cm³/mol. The number of aryl methyl sites for hydroxylation is 1. The van der Waals surface area contributed by atoms with E-state index in [1.165, 1.54) is 41.2 Å². The van der Waals surface area contributed by atoms with E-state index >= 15 is 0 Å². The van der Waals surface area contributed by atoms with Crippen LogP contribution in [0.4, 0.5) is 0 Å². The number of carboxylic acids is 1. The molecule has 0 radical (unpaired) electrons. The van der Waals surface area contributed by atoms with Crippen LogP contribution >= 0.6 is 0 Å². The van der Waals surface area contributed by atoms with Crippen molar-refractivity contribution >= 4 is 18.1 Å². The van der Waals surface area contributed by atoms with Gasteiger partial charge in [0.2, 0.25) is 0 Å². The molecular weight excluding hydrogens is 322 g/mol. The van der Waals surface area contributed by atoms with Gasteiger partial charge in [-0.1, -0.05) is 58.0 Å². The molecule has 26 heavy (non-hydrogen) atoms. The molecule has 1 aromatic heterocycles. The van der Waals surface area contributed by atoms with Gasteiger partial charge in [-0.15, -0.1) is 0 Å². The molecule has 0 spiro atoms. The lowest BCUT2D eigenvalue weighted by molar-refractivity contribution is 0.0690. The van der Waals surface area contributed by atoms with Crippen molar-refractivity contribution in [3.8, 4) is 0 Å². The third-order valence-electron chi connectivity index (χ3n) is 5.70. The first-order valence-electron chi connectivity index (χ1n) is 9.13. The minimum Gasteiger partial charge on any atom is -0.477 e. The number of benzene rings is 1. The van der Waals surface area contributed by atoms with E-state index in [0.717, 1.165) is 5.56 Å². The molecule has 3 nitrogen and oxygen atoms in total. The highest BCUT2D eigenvalue weighted by molar-refractivity contribution is 5.85. The molecule has 136 valence electrons. The Morgan fingerprint density at radius 1 is 1.04 bits per heavy atom. The van der Waals surface area contributed by atoms with E-state index < -0.39 is 5.97 Å². The van der Waals surface area contributed by atoms with Crippen LogP contribution < -0.4 is 0 Å². The summed E-state index contributed by atoms with van der Waals surface area (Å²) in [5, 5.41) is 8.94. The standard InChI is InChI=1S/C23H27NO2/c1-15-12-18-19(23(4,5)11-10-22(18,2)3)13-17(15)8-6-16-7-9-20(21(25)26)24-14-16/h6-9,12-14H,10-11H2,1-5H3,(H,25,26)/b8-6+. The molecule has 0 saturated carbocycles. The molecule has 1 N–H and O–H groups in total. The zero-order chi connectivity index (χ0) is 19.1. The Morgan fingerprint density at radius 2 is 1.65 bits per heavy atom. The fourth-order valence-corrected chi connectivity index (χ4v) is 3.73. The van der Waals surface area contributed by atoms with Crippen LogP contribution in [0.5, 0.6) is 0 Å². The van der Waals surface area contributed by atoms with E-state index in [1.54, 1.807) is 12.3 Å². The zero-order valence-electron chi connectivity index (χ0n) is 16.3. The summed E-state index contributed by atoms with van der Waals surface area (Å²) >= 11 is 0. The number of fused-ring (bicyclic) bond motifs is 1. The summed E-state index contributed by atoms with van der Waals surface area (Å²) in [4.78, 5) is 14.9. The summed E-state index contributed by atoms with van der Waals surface area (Å²) in [6.07, 6.45) is 8.10. The van der Waals surface area contributed by atoms with Crippen LogP contribution in [-0.2, 0) is 10.8 Å². The van der Waals surface area contributed by atoms with Crippen molar-refractivity contribution < 1.29 is 9.90 Å². The Balaban J connectivity index is 1.97. The quantitative estimate of drug-likeness (QED) is 0.784. The van der Waals surface area contributed by atoms with Gasteiger partial charge in [0.05, 0.1) is 0 Å². The number of hydrogen-bond donors (Lipinski definition) is 1. The second-order valence-corrected chi connectivity index (χ2v) is 8.64. The molecule has 0 atom stereocenters. The first-order chi connectivity index (χ1) is 12.1. The summed E-state index contributed by atoms with van der Waals surface area (Å²) in [5.74, 6) is -1.00. The monoisotopic (exact) mass is 349 g/mol. The molecule has 1 aromatic carbocycles. The fourth-order valence-electron chi connectivity index (χ4n) is 3.73. The van der Waals surface area contributed by atoms with Gasteiger partial charge in [0.15, 0.2) is 0 Å². The topological polar surface area (TPSA) is 50.2 Å². The van der Waals surface area contributed by atoms with Crippen molar-refractivity contribution in [2.45, 2.75) is 58.3 Å². The first kappa shape index (κ1) is 18.4. The van der Waals surface area contributed by atoms with E-state index in [0.29, 0.717) is 0 Å². The van der Waals surface area contributed by atoms with Crippen LogP contribution in [0.1, 0.15) is 78.8 Å². The summed E-state index contributed by atoms with van der Waals surface area (Å²) < 4.78 is 0. The average molecular weight is 349 g/mol. The maximum Gasteiger partial charge on any atom is 0.354 e. The lowest BCUT2D eigenvalue weighted by Gasteiger charge is -2.42. The van der Waals surface area contributed by atoms with Crippen molar-refractivity contribution in [2.24, 2.45) is 0 Å². The largest absolute Gasteiger partial charge is 0.477 e. The second kappa shape index (κ2) is 6.39. The number of aromatic nitrogens is 1. The van der Waals surface area contributed by atoms with Crippen LogP contribution in [-0.4, -0.2) is 16.1 Å². The SMILES string of the molecule is Cc1cc2c(cc1/C=C/c1ccc(C(=O)O)nc1)C(C)(C)CCC2(C)C. The van der Waals surface area contributed by atoms with Gasteiger partial charge in [-0.25, -0.2) is 9.78 Å². The Morgan fingerprint density at radius 3 is 2.19 bits per heavy atom. The average Bonchev–Trinajstić information content (AvgIpc) is 2.58. The van der Waals surface area contributed by atoms with Gasteiger partial charge in [-0.3, -0.25) is 0 Å². The number of rotatable bonds is 3. The second-order valence-electron chi connectivity index (χ2n) is 8.64. The first-order valence-corrected chi connectivity index (χ1v) is 9.13. The van der Waals surface area contributed by atoms with Crippen LogP contribution in [0, 0.1) is 6.92 Å². The van der Waals surface area contributed by atoms with Crippen molar-refractivity contribution in [1.82, 2.24) is 4.98 Å². The smallest absolute Gasteiger partial charge is 0.354 e. The summed E-state index contributed by atoms with van der Waals surface area (Å²) in [7, 11) is 0. The fraction of sp³-hybridized carbons (Fsp3) is 0.391. The van der Waals surface area contributed by atoms with Crippen molar-refractivity contribution in [3.05, 3.63) is 64.0 Å². The van der Waals surface area contributed by atoms with Crippen LogP contribution in [0.3, 0.4) is 0 Å². The Bertz CT molecular complexity index is 874.